The van der Waals surface area contributed by atoms with Crippen LogP contribution in [0.2, 0.25) is 0 Å². The molecule has 7 heteroatoms. The number of rotatable bonds is 10. The van der Waals surface area contributed by atoms with Gasteiger partial charge in [-0.15, -0.1) is 0 Å². The maximum absolute atomic E-state index is 13.7. The average Bonchev–Trinajstić information content (AvgIpc) is 3.69. The zero-order valence-electron chi connectivity index (χ0n) is 21.9. The summed E-state index contributed by atoms with van der Waals surface area (Å²) in [6.45, 7) is 9.71. The number of hydrogen-bond donors (Lipinski definition) is 0. The molecule has 0 unspecified atom stereocenters. The first kappa shape index (κ1) is 27.2. The molecule has 0 N–H and O–H groups in total. The second kappa shape index (κ2) is 9.96. The van der Waals surface area contributed by atoms with Crippen LogP contribution in [-0.2, 0) is 30.4 Å². The molecule has 0 heterocycles. The van der Waals surface area contributed by atoms with E-state index in [2.05, 4.69) is 6.58 Å². The van der Waals surface area contributed by atoms with E-state index < -0.39 is 45.7 Å². The molecule has 0 aromatic heterocycles. The highest BCUT2D eigenvalue weighted by Crippen LogP contribution is 2.42. The van der Waals surface area contributed by atoms with Crippen molar-refractivity contribution in [2.45, 2.75) is 53.4 Å². The fourth-order valence-corrected chi connectivity index (χ4v) is 4.71. The maximum Gasteiger partial charge on any atom is 0.184 e. The van der Waals surface area contributed by atoms with Crippen molar-refractivity contribution in [1.29, 1.82) is 0 Å². The quantitative estimate of drug-likeness (QED) is 0.209. The van der Waals surface area contributed by atoms with Crippen LogP contribution in [0.5, 0.6) is 11.5 Å². The van der Waals surface area contributed by atoms with Gasteiger partial charge in [-0.2, -0.15) is 0 Å². The zero-order valence-corrected chi connectivity index (χ0v) is 21.9. The van der Waals surface area contributed by atoms with Crippen molar-refractivity contribution < 1.29 is 33.4 Å². The standard InChI is InChI=1S/C29H34O7/c1-16(18-10-11-18)14-19(20(30)12-8-17-9-13-21(35-6)22(15-17)36-7)24(31)23-25(32)28(2,3)27(34)29(4,5)26(23)33/h9,13-15,18,23H,1,8,10-12H2,2-7H3/b19-14+. The summed E-state index contributed by atoms with van der Waals surface area (Å²) < 4.78 is 10.6. The summed E-state index contributed by atoms with van der Waals surface area (Å²) in [7, 11) is 3.04. The second-order valence-electron chi connectivity index (χ2n) is 10.6. The monoisotopic (exact) mass is 494 g/mol. The average molecular weight is 495 g/mol. The first-order valence-electron chi connectivity index (χ1n) is 12.1. The fourth-order valence-electron chi connectivity index (χ4n) is 4.71. The minimum absolute atomic E-state index is 0.0220. The molecule has 3 rings (SSSR count). The van der Waals surface area contributed by atoms with Crippen molar-refractivity contribution in [3.63, 3.8) is 0 Å². The highest BCUT2D eigenvalue weighted by Gasteiger charge is 2.60. The maximum atomic E-state index is 13.7. The smallest absolute Gasteiger partial charge is 0.184 e. The molecular weight excluding hydrogens is 460 g/mol. The number of aryl methyl sites for hydroxylation is 1. The van der Waals surface area contributed by atoms with Crippen LogP contribution in [0, 0.1) is 22.7 Å². The molecule has 7 nitrogen and oxygen atoms in total. The number of ether oxygens (including phenoxy) is 2. The van der Waals surface area contributed by atoms with Crippen LogP contribution in [0.4, 0.5) is 0 Å². The van der Waals surface area contributed by atoms with E-state index in [4.69, 9.17) is 9.47 Å². The molecule has 0 atom stereocenters. The first-order valence-corrected chi connectivity index (χ1v) is 12.1. The van der Waals surface area contributed by atoms with Gasteiger partial charge in [-0.25, -0.2) is 0 Å². The van der Waals surface area contributed by atoms with E-state index in [1.54, 1.807) is 18.2 Å². The molecule has 192 valence electrons. The van der Waals surface area contributed by atoms with Gasteiger partial charge >= 0.3 is 0 Å². The van der Waals surface area contributed by atoms with Crippen molar-refractivity contribution in [2.75, 3.05) is 14.2 Å². The normalized spacial score (nSPS) is 19.7. The van der Waals surface area contributed by atoms with E-state index in [9.17, 15) is 24.0 Å². The molecule has 2 aliphatic rings. The molecule has 1 aromatic rings. The summed E-state index contributed by atoms with van der Waals surface area (Å²) in [4.78, 5) is 66.3. The summed E-state index contributed by atoms with van der Waals surface area (Å²) in [6, 6.07) is 5.29. The third-order valence-electron chi connectivity index (χ3n) is 7.24. The van der Waals surface area contributed by atoms with E-state index in [-0.39, 0.29) is 17.9 Å². The zero-order chi connectivity index (χ0) is 27.0. The molecule has 1 aromatic carbocycles. The topological polar surface area (TPSA) is 104 Å². The van der Waals surface area contributed by atoms with Gasteiger partial charge in [0.15, 0.2) is 40.4 Å². The van der Waals surface area contributed by atoms with Gasteiger partial charge in [0, 0.05) is 6.42 Å². The number of ketones is 5. The van der Waals surface area contributed by atoms with Crippen LogP contribution < -0.4 is 9.47 Å². The number of carbonyl (C=O) groups excluding carboxylic acids is 5. The lowest BCUT2D eigenvalue weighted by atomic mass is 9.57. The Hall–Kier alpha value is -3.35. The summed E-state index contributed by atoms with van der Waals surface area (Å²) in [6.07, 6.45) is 3.54. The number of methoxy groups -OCH3 is 2. The highest BCUT2D eigenvalue weighted by molar-refractivity contribution is 6.40. The number of allylic oxidation sites excluding steroid dienone is 3. The molecular formula is C29H34O7. The van der Waals surface area contributed by atoms with Gasteiger partial charge in [-0.05, 0) is 76.6 Å². The van der Waals surface area contributed by atoms with Crippen LogP contribution >= 0.6 is 0 Å². The first-order chi connectivity index (χ1) is 16.8. The molecule has 0 radical (unpaired) electrons. The number of benzene rings is 1. The molecule has 0 aliphatic heterocycles. The molecule has 2 fully saturated rings. The minimum Gasteiger partial charge on any atom is -0.493 e. The lowest BCUT2D eigenvalue weighted by Gasteiger charge is -2.40. The minimum atomic E-state index is -1.70. The molecule has 2 saturated carbocycles. The Labute approximate surface area is 211 Å². The SMILES string of the molecule is C=C(/C=C(\C(=O)CCc1ccc(OC)c(OC)c1)C(=O)C1C(=O)C(C)(C)C(=O)C(C)(C)C1=O)C1CC1. The Balaban J connectivity index is 1.92. The lowest BCUT2D eigenvalue weighted by Crippen LogP contribution is -2.59. The van der Waals surface area contributed by atoms with Crippen LogP contribution in [0.3, 0.4) is 0 Å². The Morgan fingerprint density at radius 1 is 0.972 bits per heavy atom. The van der Waals surface area contributed by atoms with E-state index in [1.165, 1.54) is 48.0 Å². The van der Waals surface area contributed by atoms with Crippen molar-refractivity contribution in [3.8, 4) is 11.5 Å². The highest BCUT2D eigenvalue weighted by atomic mass is 16.5. The van der Waals surface area contributed by atoms with Crippen molar-refractivity contribution in [3.05, 3.63) is 47.6 Å². The third kappa shape index (κ3) is 4.97. The van der Waals surface area contributed by atoms with Gasteiger partial charge < -0.3 is 9.47 Å². The fraction of sp³-hybridized carbons (Fsp3) is 0.483. The lowest BCUT2D eigenvalue weighted by molar-refractivity contribution is -0.161. The molecule has 0 bridgehead atoms. The predicted octanol–water partition coefficient (Wildman–Crippen LogP) is 4.06. The van der Waals surface area contributed by atoms with Crippen LogP contribution in [0.1, 0.15) is 52.5 Å². The van der Waals surface area contributed by atoms with Gasteiger partial charge in [-0.1, -0.05) is 18.2 Å². The molecule has 36 heavy (non-hydrogen) atoms. The predicted molar refractivity (Wildman–Crippen MR) is 134 cm³/mol. The summed E-state index contributed by atoms with van der Waals surface area (Å²) in [5.41, 5.74) is -1.81. The van der Waals surface area contributed by atoms with Crippen molar-refractivity contribution in [2.24, 2.45) is 22.7 Å². The van der Waals surface area contributed by atoms with Crippen LogP contribution in [0.15, 0.2) is 42.0 Å². The molecule has 2 aliphatic carbocycles. The van der Waals surface area contributed by atoms with Gasteiger partial charge in [-0.3, -0.25) is 24.0 Å². The van der Waals surface area contributed by atoms with Crippen molar-refractivity contribution >= 4 is 28.9 Å². The largest absolute Gasteiger partial charge is 0.493 e. The Morgan fingerprint density at radius 3 is 2.03 bits per heavy atom. The number of carbonyl (C=O) groups is 5. The summed E-state index contributed by atoms with van der Waals surface area (Å²) in [5, 5.41) is 0. The van der Waals surface area contributed by atoms with E-state index in [1.807, 2.05) is 0 Å². The Bertz CT molecular complexity index is 1150. The van der Waals surface area contributed by atoms with E-state index in [0.29, 0.717) is 23.5 Å². The second-order valence-corrected chi connectivity index (χ2v) is 10.6. The Morgan fingerprint density at radius 2 is 1.53 bits per heavy atom. The summed E-state index contributed by atoms with van der Waals surface area (Å²) >= 11 is 0. The molecule has 0 spiro atoms. The van der Waals surface area contributed by atoms with Gasteiger partial charge in [0.05, 0.1) is 30.6 Å². The van der Waals surface area contributed by atoms with Crippen molar-refractivity contribution in [1.82, 2.24) is 0 Å². The molecule has 0 amide bonds. The van der Waals surface area contributed by atoms with E-state index in [0.717, 1.165) is 18.4 Å². The van der Waals surface area contributed by atoms with Crippen LogP contribution in [0.25, 0.3) is 0 Å². The third-order valence-corrected chi connectivity index (χ3v) is 7.24. The van der Waals surface area contributed by atoms with Crippen LogP contribution in [-0.4, -0.2) is 43.1 Å². The summed E-state index contributed by atoms with van der Waals surface area (Å²) in [5.74, 6) is -3.84. The van der Waals surface area contributed by atoms with E-state index >= 15 is 0 Å². The molecule has 0 saturated heterocycles. The van der Waals surface area contributed by atoms with Gasteiger partial charge in [0.1, 0.15) is 5.92 Å². The van der Waals surface area contributed by atoms with Gasteiger partial charge in [0.25, 0.3) is 0 Å². The Kier molecular flexibility index (Phi) is 7.53. The van der Waals surface area contributed by atoms with Gasteiger partial charge in [0.2, 0.25) is 0 Å². The number of Topliss-reactive ketones (excluding diaryl/α,β-unsaturated/α-hetero) is 5. The number of hydrogen-bond acceptors (Lipinski definition) is 7.